The normalized spacial score (nSPS) is 10.5. The van der Waals surface area contributed by atoms with Gasteiger partial charge in [-0.15, -0.1) is 0 Å². The van der Waals surface area contributed by atoms with E-state index in [0.29, 0.717) is 22.9 Å². The first-order chi connectivity index (χ1) is 7.13. The Morgan fingerprint density at radius 2 is 2.07 bits per heavy atom. The van der Waals surface area contributed by atoms with Gasteiger partial charge in [0.1, 0.15) is 6.29 Å². The van der Waals surface area contributed by atoms with Crippen molar-refractivity contribution in [2.45, 2.75) is 0 Å². The van der Waals surface area contributed by atoms with E-state index in [4.69, 9.17) is 0 Å². The molecule has 1 heterocycles. The molecular weight excluding hydrogens is 196 g/mol. The van der Waals surface area contributed by atoms with E-state index in [-0.39, 0.29) is 0 Å². The second kappa shape index (κ2) is 3.20. The van der Waals surface area contributed by atoms with E-state index in [1.54, 1.807) is 12.1 Å². The van der Waals surface area contributed by atoms with Gasteiger partial charge in [-0.1, -0.05) is 0 Å². The zero-order chi connectivity index (χ0) is 11.0. The predicted octanol–water partition coefficient (Wildman–Crippen LogP) is 0.0393. The molecule has 15 heavy (non-hydrogen) atoms. The first-order valence-corrected chi connectivity index (χ1v) is 4.32. The van der Waals surface area contributed by atoms with Gasteiger partial charge >= 0.3 is 11.1 Å². The molecule has 76 valence electrons. The topological polar surface area (TPSA) is 71.9 Å². The van der Waals surface area contributed by atoms with Crippen LogP contribution in [0.4, 0.5) is 0 Å². The summed E-state index contributed by atoms with van der Waals surface area (Å²) in [7, 11) is 1.51. The van der Waals surface area contributed by atoms with Gasteiger partial charge in [-0.05, 0) is 18.2 Å². The van der Waals surface area contributed by atoms with Crippen LogP contribution in [0, 0.1) is 0 Å². The number of hydrogen-bond donors (Lipinski definition) is 1. The van der Waals surface area contributed by atoms with Gasteiger partial charge in [-0.2, -0.15) is 0 Å². The highest BCUT2D eigenvalue weighted by Gasteiger charge is 2.04. The van der Waals surface area contributed by atoms with Gasteiger partial charge in [0.15, 0.2) is 0 Å². The van der Waals surface area contributed by atoms with Crippen LogP contribution in [0.15, 0.2) is 27.8 Å². The molecule has 0 amide bonds. The Labute approximate surface area is 84.0 Å². The fourth-order valence-electron chi connectivity index (χ4n) is 1.46. The Balaban J connectivity index is 2.98. The molecule has 0 aliphatic carbocycles. The third kappa shape index (κ3) is 1.38. The number of aromatic nitrogens is 2. The maximum atomic E-state index is 11.3. The number of hydrogen-bond acceptors (Lipinski definition) is 3. The fraction of sp³-hybridized carbons (Fsp3) is 0.100. The van der Waals surface area contributed by atoms with Crippen molar-refractivity contribution in [2.24, 2.45) is 7.05 Å². The molecule has 5 nitrogen and oxygen atoms in total. The number of H-pyrrole nitrogens is 1. The Morgan fingerprint density at radius 1 is 1.33 bits per heavy atom. The number of carbonyl (C=O) groups is 1. The van der Waals surface area contributed by atoms with Crippen LogP contribution in [-0.2, 0) is 7.05 Å². The Hall–Kier alpha value is -2.17. The Morgan fingerprint density at radius 3 is 2.73 bits per heavy atom. The summed E-state index contributed by atoms with van der Waals surface area (Å²) in [6, 6.07) is 4.74. The van der Waals surface area contributed by atoms with Gasteiger partial charge in [0, 0.05) is 12.6 Å². The monoisotopic (exact) mass is 204 g/mol. The molecule has 1 N–H and O–H groups in total. The number of rotatable bonds is 1. The Kier molecular flexibility index (Phi) is 2.00. The first-order valence-electron chi connectivity index (χ1n) is 4.32. The van der Waals surface area contributed by atoms with Crippen molar-refractivity contribution in [3.05, 3.63) is 44.5 Å². The largest absolute Gasteiger partial charge is 0.316 e. The smallest absolute Gasteiger partial charge is 0.316 e. The van der Waals surface area contributed by atoms with E-state index >= 15 is 0 Å². The average Bonchev–Trinajstić information content (AvgIpc) is 2.25. The highest BCUT2D eigenvalue weighted by molar-refractivity contribution is 5.84. The minimum Gasteiger partial charge on any atom is -0.316 e. The molecular formula is C10H8N2O3. The van der Waals surface area contributed by atoms with E-state index in [1.807, 2.05) is 0 Å². The van der Waals surface area contributed by atoms with Crippen LogP contribution in [0.25, 0.3) is 11.0 Å². The molecule has 0 bridgehead atoms. The number of aryl methyl sites for hydroxylation is 1. The van der Waals surface area contributed by atoms with Crippen LogP contribution in [0.3, 0.4) is 0 Å². The lowest BCUT2D eigenvalue weighted by atomic mass is 10.2. The summed E-state index contributed by atoms with van der Waals surface area (Å²) in [5.41, 5.74) is 0.225. The van der Waals surface area contributed by atoms with Gasteiger partial charge in [-0.25, -0.2) is 0 Å². The van der Waals surface area contributed by atoms with Crippen molar-refractivity contribution in [1.82, 2.24) is 9.55 Å². The van der Waals surface area contributed by atoms with Crippen LogP contribution in [-0.4, -0.2) is 15.8 Å². The van der Waals surface area contributed by atoms with Crippen LogP contribution in [0.1, 0.15) is 10.4 Å². The second-order valence-corrected chi connectivity index (χ2v) is 3.21. The summed E-state index contributed by atoms with van der Waals surface area (Å²) < 4.78 is 1.25. The molecule has 0 saturated carbocycles. The van der Waals surface area contributed by atoms with Gasteiger partial charge in [0.2, 0.25) is 0 Å². The zero-order valence-electron chi connectivity index (χ0n) is 7.98. The lowest BCUT2D eigenvalue weighted by molar-refractivity contribution is 0.112. The van der Waals surface area contributed by atoms with Crippen molar-refractivity contribution in [2.75, 3.05) is 0 Å². The summed E-state index contributed by atoms with van der Waals surface area (Å²) in [6.45, 7) is 0. The number of carbonyl (C=O) groups excluding carboxylic acids is 1. The predicted molar refractivity (Wildman–Crippen MR) is 55.2 cm³/mol. The third-order valence-corrected chi connectivity index (χ3v) is 2.27. The number of aromatic amines is 1. The number of benzene rings is 1. The van der Waals surface area contributed by atoms with E-state index in [9.17, 15) is 14.4 Å². The van der Waals surface area contributed by atoms with Gasteiger partial charge < -0.3 is 9.55 Å². The quantitative estimate of drug-likeness (QED) is 0.526. The van der Waals surface area contributed by atoms with Crippen molar-refractivity contribution in [3.8, 4) is 0 Å². The maximum absolute atomic E-state index is 11.3. The van der Waals surface area contributed by atoms with E-state index in [2.05, 4.69) is 4.98 Å². The summed E-state index contributed by atoms with van der Waals surface area (Å²) in [6.07, 6.45) is 0.683. The van der Waals surface area contributed by atoms with Crippen LogP contribution in [0.5, 0.6) is 0 Å². The van der Waals surface area contributed by atoms with E-state index in [0.717, 1.165) is 0 Å². The minimum atomic E-state index is -0.687. The molecule has 5 heteroatoms. The number of fused-ring (bicyclic) bond motifs is 1. The second-order valence-electron chi connectivity index (χ2n) is 3.21. The van der Waals surface area contributed by atoms with Crippen molar-refractivity contribution >= 4 is 17.3 Å². The van der Waals surface area contributed by atoms with Crippen molar-refractivity contribution in [1.29, 1.82) is 0 Å². The molecule has 0 atom stereocenters. The van der Waals surface area contributed by atoms with Crippen LogP contribution in [0.2, 0.25) is 0 Å². The molecule has 0 unspecified atom stereocenters. The molecule has 2 rings (SSSR count). The SMILES string of the molecule is Cn1c(=O)c(=O)[nH]c2cc(C=O)ccc21. The van der Waals surface area contributed by atoms with Crippen LogP contribution >= 0.6 is 0 Å². The van der Waals surface area contributed by atoms with Crippen molar-refractivity contribution < 1.29 is 4.79 Å². The van der Waals surface area contributed by atoms with Gasteiger partial charge in [0.25, 0.3) is 0 Å². The molecule has 0 saturated heterocycles. The third-order valence-electron chi connectivity index (χ3n) is 2.27. The number of aldehydes is 1. The summed E-state index contributed by atoms with van der Waals surface area (Å²) >= 11 is 0. The number of nitrogens with one attached hydrogen (secondary N) is 1. The maximum Gasteiger partial charge on any atom is 0.316 e. The minimum absolute atomic E-state index is 0.455. The van der Waals surface area contributed by atoms with Gasteiger partial charge in [0.05, 0.1) is 11.0 Å². The fourth-order valence-corrected chi connectivity index (χ4v) is 1.46. The summed E-state index contributed by atoms with van der Waals surface area (Å²) in [5.74, 6) is 0. The first kappa shape index (κ1) is 9.39. The van der Waals surface area contributed by atoms with Crippen LogP contribution < -0.4 is 11.1 Å². The molecule has 0 aliphatic heterocycles. The molecule has 0 spiro atoms. The highest BCUT2D eigenvalue weighted by atomic mass is 16.2. The van der Waals surface area contributed by atoms with Crippen molar-refractivity contribution in [3.63, 3.8) is 0 Å². The lowest BCUT2D eigenvalue weighted by Gasteiger charge is -2.03. The standard InChI is InChI=1S/C10H8N2O3/c1-12-8-3-2-6(5-13)4-7(8)11-9(14)10(12)15/h2-5H,1H3,(H,11,14). The van der Waals surface area contributed by atoms with Gasteiger partial charge in [-0.3, -0.25) is 14.4 Å². The summed E-state index contributed by atoms with van der Waals surface area (Å²) in [4.78, 5) is 35.4. The zero-order valence-corrected chi connectivity index (χ0v) is 7.98. The molecule has 1 aromatic carbocycles. The van der Waals surface area contributed by atoms with E-state index < -0.39 is 11.1 Å². The van der Waals surface area contributed by atoms with E-state index in [1.165, 1.54) is 17.7 Å². The molecule has 2 aromatic rings. The number of nitrogens with zero attached hydrogens (tertiary/aromatic N) is 1. The molecule has 0 fully saturated rings. The highest BCUT2D eigenvalue weighted by Crippen LogP contribution is 2.08. The molecule has 0 aliphatic rings. The Bertz CT molecular complexity index is 652. The molecule has 0 radical (unpaired) electrons. The average molecular weight is 204 g/mol. The lowest BCUT2D eigenvalue weighted by Crippen LogP contribution is -2.34. The summed E-state index contributed by atoms with van der Waals surface area (Å²) in [5, 5.41) is 0. The molecule has 1 aromatic heterocycles.